The minimum Gasteiger partial charge on any atom is -0.321 e. The van der Waals surface area contributed by atoms with Gasteiger partial charge in [-0.25, -0.2) is 13.4 Å². The first-order valence-corrected chi connectivity index (χ1v) is 8.86. The molecule has 0 aromatic carbocycles. The van der Waals surface area contributed by atoms with Crippen LogP contribution in [-0.4, -0.2) is 19.2 Å². The maximum absolute atomic E-state index is 11.7. The highest BCUT2D eigenvalue weighted by Crippen LogP contribution is 2.45. The van der Waals surface area contributed by atoms with Crippen molar-refractivity contribution in [1.82, 2.24) is 4.98 Å². The minimum atomic E-state index is -3.02. The van der Waals surface area contributed by atoms with Gasteiger partial charge < -0.3 is 5.73 Å². The Morgan fingerprint density at radius 1 is 1.44 bits per heavy atom. The largest absolute Gasteiger partial charge is 0.321 e. The lowest BCUT2D eigenvalue weighted by atomic mass is 10.0. The molecule has 1 heterocycles. The molecule has 0 saturated heterocycles. The van der Waals surface area contributed by atoms with Crippen LogP contribution in [0.2, 0.25) is 0 Å². The first kappa shape index (κ1) is 14.0. The van der Waals surface area contributed by atoms with Crippen LogP contribution in [0.5, 0.6) is 0 Å². The first-order valence-electron chi connectivity index (χ1n) is 6.22. The van der Waals surface area contributed by atoms with Gasteiger partial charge in [-0.1, -0.05) is 6.92 Å². The van der Waals surface area contributed by atoms with E-state index < -0.39 is 15.4 Å². The molecule has 2 rings (SSSR count). The van der Waals surface area contributed by atoms with Crippen molar-refractivity contribution in [1.29, 1.82) is 0 Å². The average Bonchev–Trinajstić information content (AvgIpc) is 2.99. The number of hydrogen-bond acceptors (Lipinski definition) is 5. The number of rotatable bonds is 5. The summed E-state index contributed by atoms with van der Waals surface area (Å²) in [6.45, 7) is 5.56. The molecular formula is C12H20N2O2S2. The van der Waals surface area contributed by atoms with Crippen LogP contribution in [-0.2, 0) is 21.1 Å². The lowest BCUT2D eigenvalue weighted by Crippen LogP contribution is -2.28. The normalized spacial score (nSPS) is 17.1. The molecule has 102 valence electrons. The second-order valence-electron chi connectivity index (χ2n) is 5.49. The average molecular weight is 288 g/mol. The van der Waals surface area contributed by atoms with E-state index in [9.17, 15) is 8.42 Å². The van der Waals surface area contributed by atoms with Crippen molar-refractivity contribution in [2.75, 3.05) is 5.75 Å². The summed E-state index contributed by atoms with van der Waals surface area (Å²) in [5, 5.41) is 0.687. The zero-order chi connectivity index (χ0) is 13.6. The highest BCUT2D eigenvalue weighted by molar-refractivity contribution is 7.90. The molecule has 0 aliphatic heterocycles. The summed E-state index contributed by atoms with van der Waals surface area (Å²) >= 11 is 1.46. The molecule has 1 fully saturated rings. The molecule has 1 aromatic rings. The van der Waals surface area contributed by atoms with Crippen LogP contribution in [0.15, 0.2) is 0 Å². The summed E-state index contributed by atoms with van der Waals surface area (Å²) in [6.07, 6.45) is 2.29. The first-order chi connectivity index (χ1) is 8.23. The predicted molar refractivity (Wildman–Crippen MR) is 74.5 cm³/mol. The van der Waals surface area contributed by atoms with Crippen LogP contribution in [0.25, 0.3) is 0 Å². The van der Waals surface area contributed by atoms with Crippen molar-refractivity contribution in [2.24, 2.45) is 5.73 Å². The molecule has 1 saturated carbocycles. The molecule has 0 bridgehead atoms. The molecule has 0 unspecified atom stereocenters. The second-order valence-corrected chi connectivity index (χ2v) is 8.93. The number of hydrogen-bond donors (Lipinski definition) is 1. The molecule has 0 atom stereocenters. The molecule has 2 N–H and O–H groups in total. The number of aromatic nitrogens is 1. The summed E-state index contributed by atoms with van der Waals surface area (Å²) in [5.74, 6) is 0.702. The molecule has 1 aliphatic carbocycles. The van der Waals surface area contributed by atoms with Gasteiger partial charge in [0.2, 0.25) is 0 Å². The Bertz CT molecular complexity index is 537. The van der Waals surface area contributed by atoms with Gasteiger partial charge >= 0.3 is 0 Å². The Morgan fingerprint density at radius 2 is 2.06 bits per heavy atom. The number of nitrogens with two attached hydrogens (primary N) is 1. The van der Waals surface area contributed by atoms with Crippen LogP contribution in [0.1, 0.15) is 55.1 Å². The van der Waals surface area contributed by atoms with E-state index in [1.807, 2.05) is 13.8 Å². The van der Waals surface area contributed by atoms with Crippen molar-refractivity contribution < 1.29 is 8.42 Å². The molecule has 0 spiro atoms. The minimum absolute atomic E-state index is 0.0456. The molecule has 0 amide bonds. The Morgan fingerprint density at radius 3 is 2.50 bits per heavy atom. The fourth-order valence-corrected chi connectivity index (χ4v) is 4.20. The Kier molecular flexibility index (Phi) is 3.55. The third-order valence-electron chi connectivity index (χ3n) is 3.03. The van der Waals surface area contributed by atoms with E-state index in [0.29, 0.717) is 10.9 Å². The van der Waals surface area contributed by atoms with E-state index in [4.69, 9.17) is 5.73 Å². The molecule has 1 aliphatic rings. The van der Waals surface area contributed by atoms with Gasteiger partial charge in [0.25, 0.3) is 0 Å². The third kappa shape index (κ3) is 3.10. The SMILES string of the molecule is CCS(=O)(=O)Cc1nc(C2CC2)c(C(C)(C)N)s1. The van der Waals surface area contributed by atoms with Crippen LogP contribution in [0, 0.1) is 0 Å². The highest BCUT2D eigenvalue weighted by atomic mass is 32.2. The van der Waals surface area contributed by atoms with Crippen molar-refractivity contribution in [3.05, 3.63) is 15.6 Å². The fraction of sp³-hybridized carbons (Fsp3) is 0.750. The lowest BCUT2D eigenvalue weighted by molar-refractivity contribution is 0.558. The lowest BCUT2D eigenvalue weighted by Gasteiger charge is -2.17. The Labute approximate surface area is 113 Å². The van der Waals surface area contributed by atoms with Crippen LogP contribution in [0.4, 0.5) is 0 Å². The maximum atomic E-state index is 11.7. The van der Waals surface area contributed by atoms with Crippen LogP contribution < -0.4 is 5.73 Å². The monoisotopic (exact) mass is 288 g/mol. The molecule has 4 nitrogen and oxygen atoms in total. The van der Waals surface area contributed by atoms with Gasteiger partial charge in [-0.05, 0) is 26.7 Å². The number of sulfone groups is 1. The van der Waals surface area contributed by atoms with Crippen LogP contribution in [0.3, 0.4) is 0 Å². The fourth-order valence-electron chi connectivity index (χ4n) is 1.83. The van der Waals surface area contributed by atoms with Crippen molar-refractivity contribution in [3.63, 3.8) is 0 Å². The summed E-state index contributed by atoms with van der Waals surface area (Å²) < 4.78 is 23.3. The van der Waals surface area contributed by atoms with E-state index in [1.54, 1.807) is 6.92 Å². The Hall–Kier alpha value is -0.460. The summed E-state index contributed by atoms with van der Waals surface area (Å²) in [6, 6.07) is 0. The second kappa shape index (κ2) is 4.58. The summed E-state index contributed by atoms with van der Waals surface area (Å²) in [7, 11) is -3.02. The summed E-state index contributed by atoms with van der Waals surface area (Å²) in [5.41, 5.74) is 6.75. The quantitative estimate of drug-likeness (QED) is 0.901. The smallest absolute Gasteiger partial charge is 0.156 e. The van der Waals surface area contributed by atoms with Crippen molar-refractivity contribution in [2.45, 2.75) is 50.8 Å². The molecule has 6 heteroatoms. The number of nitrogens with zero attached hydrogens (tertiary/aromatic N) is 1. The van der Waals surface area contributed by atoms with Gasteiger partial charge in [0, 0.05) is 22.1 Å². The van der Waals surface area contributed by atoms with E-state index in [2.05, 4.69) is 4.98 Å². The summed E-state index contributed by atoms with van der Waals surface area (Å²) in [4.78, 5) is 5.58. The standard InChI is InChI=1S/C12H20N2O2S2/c1-4-18(15,16)7-9-14-10(8-5-6-8)11(17-9)12(2,3)13/h8H,4-7,13H2,1-3H3. The van der Waals surface area contributed by atoms with E-state index >= 15 is 0 Å². The molecule has 18 heavy (non-hydrogen) atoms. The van der Waals surface area contributed by atoms with Crippen molar-refractivity contribution >= 4 is 21.2 Å². The van der Waals surface area contributed by atoms with Gasteiger partial charge in [0.1, 0.15) is 10.8 Å². The van der Waals surface area contributed by atoms with Crippen LogP contribution >= 0.6 is 11.3 Å². The van der Waals surface area contributed by atoms with Gasteiger partial charge in [-0.2, -0.15) is 0 Å². The number of thiazole rings is 1. The molecule has 1 aromatic heterocycles. The third-order valence-corrected chi connectivity index (χ3v) is 6.22. The predicted octanol–water partition coefficient (Wildman–Crippen LogP) is 2.15. The zero-order valence-corrected chi connectivity index (χ0v) is 12.7. The van der Waals surface area contributed by atoms with Gasteiger partial charge in [0.15, 0.2) is 9.84 Å². The maximum Gasteiger partial charge on any atom is 0.156 e. The van der Waals surface area contributed by atoms with E-state index in [0.717, 1.165) is 23.4 Å². The Balaban J connectivity index is 2.34. The van der Waals surface area contributed by atoms with E-state index in [1.165, 1.54) is 11.3 Å². The van der Waals surface area contributed by atoms with Crippen molar-refractivity contribution in [3.8, 4) is 0 Å². The highest BCUT2D eigenvalue weighted by Gasteiger charge is 2.34. The topological polar surface area (TPSA) is 73.0 Å². The molecule has 0 radical (unpaired) electrons. The zero-order valence-electron chi connectivity index (χ0n) is 11.1. The van der Waals surface area contributed by atoms with E-state index in [-0.39, 0.29) is 11.5 Å². The van der Waals surface area contributed by atoms with Gasteiger partial charge in [-0.15, -0.1) is 11.3 Å². The van der Waals surface area contributed by atoms with Gasteiger partial charge in [0.05, 0.1) is 5.69 Å². The van der Waals surface area contributed by atoms with Gasteiger partial charge in [-0.3, -0.25) is 0 Å². The molecular weight excluding hydrogens is 268 g/mol.